The van der Waals surface area contributed by atoms with Gasteiger partial charge in [-0.05, 0) is 18.1 Å². The first-order valence-electron chi connectivity index (χ1n) is 7.47. The number of nitrogens with one attached hydrogen (secondary N) is 1. The summed E-state index contributed by atoms with van der Waals surface area (Å²) < 4.78 is 1.92. The van der Waals surface area contributed by atoms with Crippen molar-refractivity contribution in [3.8, 4) is 11.3 Å². The van der Waals surface area contributed by atoms with E-state index in [4.69, 9.17) is 0 Å². The maximum atomic E-state index is 12.2. The molecule has 0 saturated carbocycles. The number of pyridine rings is 1. The van der Waals surface area contributed by atoms with Gasteiger partial charge in [0.1, 0.15) is 17.2 Å². The predicted octanol–water partition coefficient (Wildman–Crippen LogP) is 3.99. The van der Waals surface area contributed by atoms with E-state index in [9.17, 15) is 4.79 Å². The number of hydrogen-bond acceptors (Lipinski definition) is 2. The molecule has 1 N–H and O–H groups in total. The average molecular weight is 293 g/mol. The van der Waals surface area contributed by atoms with Gasteiger partial charge >= 0.3 is 0 Å². The second kappa shape index (κ2) is 6.02. The molecule has 0 aliphatic rings. The SMILES string of the molecule is CC(C)CC(=O)Nc1c(-c2ccccc2)nc2ccccn12. The molecule has 0 fully saturated rings. The lowest BCUT2D eigenvalue weighted by atomic mass is 10.1. The molecule has 2 heterocycles. The Bertz CT molecular complexity index is 790. The number of aromatic nitrogens is 2. The van der Waals surface area contributed by atoms with Crippen molar-refractivity contribution in [2.75, 3.05) is 5.32 Å². The number of hydrogen-bond donors (Lipinski definition) is 1. The first-order chi connectivity index (χ1) is 10.6. The van der Waals surface area contributed by atoms with Crippen LogP contribution in [0, 0.1) is 5.92 Å². The second-order valence-electron chi connectivity index (χ2n) is 5.75. The van der Waals surface area contributed by atoms with Crippen LogP contribution in [0.2, 0.25) is 0 Å². The van der Waals surface area contributed by atoms with Crippen LogP contribution in [0.1, 0.15) is 20.3 Å². The van der Waals surface area contributed by atoms with Gasteiger partial charge in [0.15, 0.2) is 0 Å². The minimum Gasteiger partial charge on any atom is -0.310 e. The fraction of sp³-hybridized carbons (Fsp3) is 0.222. The smallest absolute Gasteiger partial charge is 0.225 e. The number of nitrogens with zero attached hydrogens (tertiary/aromatic N) is 2. The molecule has 0 saturated heterocycles. The summed E-state index contributed by atoms with van der Waals surface area (Å²) >= 11 is 0. The van der Waals surface area contributed by atoms with Crippen LogP contribution in [0.15, 0.2) is 54.7 Å². The Kier molecular flexibility index (Phi) is 3.92. The lowest BCUT2D eigenvalue weighted by Crippen LogP contribution is -2.15. The Labute approximate surface area is 129 Å². The first-order valence-corrected chi connectivity index (χ1v) is 7.47. The largest absolute Gasteiger partial charge is 0.310 e. The summed E-state index contributed by atoms with van der Waals surface area (Å²) in [6, 6.07) is 15.7. The van der Waals surface area contributed by atoms with Gasteiger partial charge in [-0.2, -0.15) is 0 Å². The highest BCUT2D eigenvalue weighted by Gasteiger charge is 2.16. The van der Waals surface area contributed by atoms with Crippen LogP contribution in [0.25, 0.3) is 16.9 Å². The molecule has 0 aliphatic heterocycles. The number of anilines is 1. The van der Waals surface area contributed by atoms with Gasteiger partial charge in [0.25, 0.3) is 0 Å². The van der Waals surface area contributed by atoms with Gasteiger partial charge in [-0.3, -0.25) is 9.20 Å². The third-order valence-corrected chi connectivity index (χ3v) is 3.43. The summed E-state index contributed by atoms with van der Waals surface area (Å²) in [5, 5.41) is 3.02. The summed E-state index contributed by atoms with van der Waals surface area (Å²) in [6.07, 6.45) is 2.41. The summed E-state index contributed by atoms with van der Waals surface area (Å²) in [5.41, 5.74) is 2.61. The highest BCUT2D eigenvalue weighted by molar-refractivity contribution is 5.94. The number of carbonyl (C=O) groups is 1. The van der Waals surface area contributed by atoms with Gasteiger partial charge in [-0.1, -0.05) is 50.2 Å². The Hall–Kier alpha value is -2.62. The molecule has 4 heteroatoms. The van der Waals surface area contributed by atoms with Crippen molar-refractivity contribution in [3.05, 3.63) is 54.7 Å². The lowest BCUT2D eigenvalue weighted by Gasteiger charge is -2.09. The third kappa shape index (κ3) is 2.86. The molecular weight excluding hydrogens is 274 g/mol. The van der Waals surface area contributed by atoms with Gasteiger partial charge < -0.3 is 5.32 Å². The number of imidazole rings is 1. The molecule has 1 amide bonds. The van der Waals surface area contributed by atoms with E-state index in [1.807, 2.05) is 73.0 Å². The standard InChI is InChI=1S/C18H19N3O/c1-13(2)12-16(22)20-18-17(14-8-4-3-5-9-14)19-15-10-6-7-11-21(15)18/h3-11,13H,12H2,1-2H3,(H,20,22). The third-order valence-electron chi connectivity index (χ3n) is 3.43. The zero-order valence-electron chi connectivity index (χ0n) is 12.8. The van der Waals surface area contributed by atoms with Gasteiger partial charge in [0.2, 0.25) is 5.91 Å². The predicted molar refractivity (Wildman–Crippen MR) is 88.7 cm³/mol. The summed E-state index contributed by atoms with van der Waals surface area (Å²) in [4.78, 5) is 16.9. The molecule has 22 heavy (non-hydrogen) atoms. The topological polar surface area (TPSA) is 46.4 Å². The van der Waals surface area contributed by atoms with Crippen molar-refractivity contribution in [1.29, 1.82) is 0 Å². The molecule has 3 rings (SSSR count). The van der Waals surface area contributed by atoms with E-state index in [-0.39, 0.29) is 5.91 Å². The monoisotopic (exact) mass is 293 g/mol. The van der Waals surface area contributed by atoms with Crippen molar-refractivity contribution in [2.24, 2.45) is 5.92 Å². The van der Waals surface area contributed by atoms with E-state index in [2.05, 4.69) is 10.3 Å². The van der Waals surface area contributed by atoms with Crippen molar-refractivity contribution in [3.63, 3.8) is 0 Å². The van der Waals surface area contributed by atoms with Crippen molar-refractivity contribution < 1.29 is 4.79 Å². The lowest BCUT2D eigenvalue weighted by molar-refractivity contribution is -0.116. The van der Waals surface area contributed by atoms with Gasteiger partial charge in [-0.25, -0.2) is 4.98 Å². The highest BCUT2D eigenvalue weighted by Crippen LogP contribution is 2.28. The van der Waals surface area contributed by atoms with E-state index >= 15 is 0 Å². The molecule has 0 atom stereocenters. The Balaban J connectivity index is 2.08. The average Bonchev–Trinajstić information content (AvgIpc) is 2.86. The molecule has 0 spiro atoms. The van der Waals surface area contributed by atoms with Crippen LogP contribution in [0.4, 0.5) is 5.82 Å². The van der Waals surface area contributed by atoms with Crippen molar-refractivity contribution >= 4 is 17.4 Å². The normalized spacial score (nSPS) is 11.0. The summed E-state index contributed by atoms with van der Waals surface area (Å²) in [7, 11) is 0. The van der Waals surface area contributed by atoms with Crippen LogP contribution >= 0.6 is 0 Å². The minimum atomic E-state index is 0.0119. The molecule has 112 valence electrons. The molecule has 3 aromatic rings. The van der Waals surface area contributed by atoms with E-state index < -0.39 is 0 Å². The number of benzene rings is 1. The minimum absolute atomic E-state index is 0.0119. The van der Waals surface area contributed by atoms with Gasteiger partial charge in [0.05, 0.1) is 0 Å². The zero-order chi connectivity index (χ0) is 15.5. The molecule has 0 unspecified atom stereocenters. The van der Waals surface area contributed by atoms with Gasteiger partial charge in [0, 0.05) is 18.2 Å². The number of fused-ring (bicyclic) bond motifs is 1. The maximum Gasteiger partial charge on any atom is 0.225 e. The molecule has 2 aromatic heterocycles. The van der Waals surface area contributed by atoms with Crippen LogP contribution in [0.5, 0.6) is 0 Å². The maximum absolute atomic E-state index is 12.2. The number of amides is 1. The van der Waals surface area contributed by atoms with Crippen molar-refractivity contribution in [2.45, 2.75) is 20.3 Å². The van der Waals surface area contributed by atoms with Crippen LogP contribution in [-0.2, 0) is 4.79 Å². The fourth-order valence-corrected chi connectivity index (χ4v) is 2.47. The van der Waals surface area contributed by atoms with E-state index in [0.29, 0.717) is 12.3 Å². The van der Waals surface area contributed by atoms with Crippen LogP contribution < -0.4 is 5.32 Å². The van der Waals surface area contributed by atoms with E-state index in [1.165, 1.54) is 0 Å². The first kappa shape index (κ1) is 14.3. The highest BCUT2D eigenvalue weighted by atomic mass is 16.1. The van der Waals surface area contributed by atoms with Gasteiger partial charge in [-0.15, -0.1) is 0 Å². The Morgan fingerprint density at radius 3 is 2.59 bits per heavy atom. The molecule has 0 aliphatic carbocycles. The quantitative estimate of drug-likeness (QED) is 0.790. The molecular formula is C18H19N3O. The Morgan fingerprint density at radius 1 is 1.14 bits per heavy atom. The molecule has 0 radical (unpaired) electrons. The molecule has 1 aromatic carbocycles. The van der Waals surface area contributed by atoms with Crippen molar-refractivity contribution in [1.82, 2.24) is 9.38 Å². The number of carbonyl (C=O) groups excluding carboxylic acids is 1. The molecule has 0 bridgehead atoms. The van der Waals surface area contributed by atoms with Crippen LogP contribution in [0.3, 0.4) is 0 Å². The van der Waals surface area contributed by atoms with E-state index in [1.54, 1.807) is 0 Å². The van der Waals surface area contributed by atoms with Crippen LogP contribution in [-0.4, -0.2) is 15.3 Å². The molecule has 4 nitrogen and oxygen atoms in total. The number of rotatable bonds is 4. The summed E-state index contributed by atoms with van der Waals surface area (Å²) in [5.74, 6) is 1.06. The zero-order valence-corrected chi connectivity index (χ0v) is 12.8. The second-order valence-corrected chi connectivity index (χ2v) is 5.75. The summed E-state index contributed by atoms with van der Waals surface area (Å²) in [6.45, 7) is 4.07. The fourth-order valence-electron chi connectivity index (χ4n) is 2.47. The Morgan fingerprint density at radius 2 is 1.86 bits per heavy atom. The van der Waals surface area contributed by atoms with E-state index in [0.717, 1.165) is 22.7 Å².